The van der Waals surface area contributed by atoms with Crippen molar-refractivity contribution < 1.29 is 0 Å². The smallest absolute Gasteiger partial charge is 0.0752 e. The van der Waals surface area contributed by atoms with E-state index in [9.17, 15) is 0 Å². The van der Waals surface area contributed by atoms with E-state index in [0.29, 0.717) is 0 Å². The Balaban J connectivity index is 2.40. The molecule has 2 rings (SSSR count). The van der Waals surface area contributed by atoms with Crippen LogP contribution in [0.4, 0.5) is 0 Å². The fraction of sp³-hybridized carbons (Fsp3) is 0.167. The number of aryl methyl sites for hydroxylation is 1. The van der Waals surface area contributed by atoms with Gasteiger partial charge in [-0.1, -0.05) is 43.5 Å². The van der Waals surface area contributed by atoms with Crippen LogP contribution in [0.25, 0.3) is 0 Å². The van der Waals surface area contributed by atoms with E-state index < -0.39 is 0 Å². The monoisotopic (exact) mass is 378 g/mol. The SMILES string of the molecule is Cc1ccc(C(Br)c2cc(Br)ccc2Cl)s1. The van der Waals surface area contributed by atoms with Gasteiger partial charge in [-0.25, -0.2) is 0 Å². The van der Waals surface area contributed by atoms with Gasteiger partial charge in [0.2, 0.25) is 0 Å². The standard InChI is InChI=1S/C12H9Br2ClS/c1-7-2-5-11(16-7)12(14)9-6-8(13)3-4-10(9)15/h2-6,12H,1H3. The summed E-state index contributed by atoms with van der Waals surface area (Å²) >= 11 is 15.1. The highest BCUT2D eigenvalue weighted by molar-refractivity contribution is 9.10. The van der Waals surface area contributed by atoms with Gasteiger partial charge < -0.3 is 0 Å². The molecule has 0 nitrogen and oxygen atoms in total. The van der Waals surface area contributed by atoms with Gasteiger partial charge in [0.25, 0.3) is 0 Å². The van der Waals surface area contributed by atoms with Crippen molar-refractivity contribution in [3.8, 4) is 0 Å². The fourth-order valence-corrected chi connectivity index (χ4v) is 3.88. The lowest BCUT2D eigenvalue weighted by Gasteiger charge is -2.10. The Bertz CT molecular complexity index is 507. The Morgan fingerprint density at radius 2 is 2.00 bits per heavy atom. The molecular formula is C12H9Br2ClS. The maximum absolute atomic E-state index is 6.20. The van der Waals surface area contributed by atoms with Gasteiger partial charge in [0.05, 0.1) is 4.83 Å². The van der Waals surface area contributed by atoms with Gasteiger partial charge in [-0.3, -0.25) is 0 Å². The van der Waals surface area contributed by atoms with E-state index in [1.165, 1.54) is 9.75 Å². The summed E-state index contributed by atoms with van der Waals surface area (Å²) in [6.07, 6.45) is 0. The number of alkyl halides is 1. The number of benzene rings is 1. The predicted molar refractivity (Wildman–Crippen MR) is 79.0 cm³/mol. The lowest BCUT2D eigenvalue weighted by Crippen LogP contribution is -1.90. The Kier molecular flexibility index (Phi) is 4.11. The molecule has 4 heteroatoms. The molecule has 0 amide bonds. The number of hydrogen-bond donors (Lipinski definition) is 0. The van der Waals surface area contributed by atoms with Gasteiger partial charge in [0.15, 0.2) is 0 Å². The largest absolute Gasteiger partial charge is 0.144 e. The maximum atomic E-state index is 6.20. The first-order chi connectivity index (χ1) is 7.58. The van der Waals surface area contributed by atoms with E-state index >= 15 is 0 Å². The van der Waals surface area contributed by atoms with Crippen LogP contribution >= 0.6 is 54.8 Å². The van der Waals surface area contributed by atoms with Gasteiger partial charge >= 0.3 is 0 Å². The molecule has 16 heavy (non-hydrogen) atoms. The third kappa shape index (κ3) is 2.70. The molecule has 0 aliphatic carbocycles. The van der Waals surface area contributed by atoms with Crippen molar-refractivity contribution in [2.45, 2.75) is 11.8 Å². The highest BCUT2D eigenvalue weighted by Crippen LogP contribution is 2.39. The third-order valence-corrected chi connectivity index (χ3v) is 5.43. The zero-order valence-corrected chi connectivity index (χ0v) is 13.3. The first kappa shape index (κ1) is 12.6. The van der Waals surface area contributed by atoms with E-state index in [1.807, 2.05) is 12.1 Å². The molecular weight excluding hydrogens is 371 g/mol. The van der Waals surface area contributed by atoms with Crippen LogP contribution in [0.2, 0.25) is 5.02 Å². The van der Waals surface area contributed by atoms with Gasteiger partial charge in [-0.15, -0.1) is 11.3 Å². The summed E-state index contributed by atoms with van der Waals surface area (Å²) in [5.41, 5.74) is 1.10. The van der Waals surface area contributed by atoms with Gasteiger partial charge in [-0.05, 0) is 42.8 Å². The molecule has 84 valence electrons. The van der Waals surface area contributed by atoms with Crippen LogP contribution in [0, 0.1) is 6.92 Å². The van der Waals surface area contributed by atoms with Crippen LogP contribution in [-0.2, 0) is 0 Å². The van der Waals surface area contributed by atoms with Crippen LogP contribution in [0.15, 0.2) is 34.8 Å². The van der Waals surface area contributed by atoms with E-state index in [4.69, 9.17) is 11.6 Å². The second-order valence-electron chi connectivity index (χ2n) is 3.48. The lowest BCUT2D eigenvalue weighted by molar-refractivity contribution is 1.22. The molecule has 0 aliphatic rings. The van der Waals surface area contributed by atoms with Crippen molar-refractivity contribution in [1.29, 1.82) is 0 Å². The topological polar surface area (TPSA) is 0 Å². The number of hydrogen-bond acceptors (Lipinski definition) is 1. The average Bonchev–Trinajstić information content (AvgIpc) is 2.67. The van der Waals surface area contributed by atoms with Gasteiger partial charge in [-0.2, -0.15) is 0 Å². The Labute approximate surface area is 121 Å². The molecule has 0 spiro atoms. The quantitative estimate of drug-likeness (QED) is 0.564. The molecule has 1 unspecified atom stereocenters. The van der Waals surface area contributed by atoms with Gasteiger partial charge in [0, 0.05) is 19.2 Å². The van der Waals surface area contributed by atoms with Crippen LogP contribution in [0.5, 0.6) is 0 Å². The molecule has 0 N–H and O–H groups in total. The summed E-state index contributed by atoms with van der Waals surface area (Å²) in [6.45, 7) is 2.11. The molecule has 2 aromatic rings. The van der Waals surface area contributed by atoms with E-state index in [2.05, 4.69) is 57.0 Å². The van der Waals surface area contributed by atoms with Crippen molar-refractivity contribution in [1.82, 2.24) is 0 Å². The van der Waals surface area contributed by atoms with Crippen LogP contribution in [0.1, 0.15) is 20.1 Å². The molecule has 0 radical (unpaired) electrons. The number of rotatable bonds is 2. The van der Waals surface area contributed by atoms with Crippen LogP contribution < -0.4 is 0 Å². The predicted octanol–water partition coefficient (Wildman–Crippen LogP) is 5.96. The second-order valence-corrected chi connectivity index (χ2v) is 7.03. The molecule has 1 heterocycles. The highest BCUT2D eigenvalue weighted by Gasteiger charge is 2.15. The van der Waals surface area contributed by atoms with Gasteiger partial charge in [0.1, 0.15) is 0 Å². The zero-order chi connectivity index (χ0) is 11.7. The Morgan fingerprint density at radius 3 is 2.62 bits per heavy atom. The normalized spacial score (nSPS) is 12.8. The number of thiophene rings is 1. The van der Waals surface area contributed by atoms with Crippen molar-refractivity contribution in [2.75, 3.05) is 0 Å². The minimum Gasteiger partial charge on any atom is -0.144 e. The minimum atomic E-state index is 0.163. The maximum Gasteiger partial charge on any atom is 0.0752 e. The molecule has 0 saturated carbocycles. The van der Waals surface area contributed by atoms with E-state index in [-0.39, 0.29) is 4.83 Å². The van der Waals surface area contributed by atoms with Crippen molar-refractivity contribution in [2.24, 2.45) is 0 Å². The zero-order valence-electron chi connectivity index (χ0n) is 8.51. The first-order valence-corrected chi connectivity index (χ1v) is 7.63. The summed E-state index contributed by atoms with van der Waals surface area (Å²) in [5, 5.41) is 0.788. The number of halogens is 3. The van der Waals surface area contributed by atoms with E-state index in [1.54, 1.807) is 11.3 Å². The molecule has 0 saturated heterocycles. The summed E-state index contributed by atoms with van der Waals surface area (Å²) in [6, 6.07) is 10.2. The third-order valence-electron chi connectivity index (χ3n) is 2.24. The fourth-order valence-electron chi connectivity index (χ4n) is 1.45. The highest BCUT2D eigenvalue weighted by atomic mass is 79.9. The van der Waals surface area contributed by atoms with Crippen LogP contribution in [0.3, 0.4) is 0 Å². The Hall–Kier alpha value is 0.170. The average molecular weight is 381 g/mol. The summed E-state index contributed by atoms with van der Waals surface area (Å²) in [7, 11) is 0. The first-order valence-electron chi connectivity index (χ1n) is 4.73. The second kappa shape index (κ2) is 5.21. The summed E-state index contributed by atoms with van der Waals surface area (Å²) in [5.74, 6) is 0. The van der Waals surface area contributed by atoms with Crippen molar-refractivity contribution in [3.05, 3.63) is 55.1 Å². The molecule has 1 atom stereocenters. The molecule has 0 bridgehead atoms. The summed E-state index contributed by atoms with van der Waals surface area (Å²) in [4.78, 5) is 2.75. The molecule has 0 fully saturated rings. The van der Waals surface area contributed by atoms with Crippen LogP contribution in [-0.4, -0.2) is 0 Å². The van der Waals surface area contributed by atoms with Crippen molar-refractivity contribution in [3.63, 3.8) is 0 Å². The molecule has 1 aromatic heterocycles. The van der Waals surface area contributed by atoms with E-state index in [0.717, 1.165) is 15.1 Å². The molecule has 1 aromatic carbocycles. The molecule has 0 aliphatic heterocycles. The lowest BCUT2D eigenvalue weighted by atomic mass is 10.1. The Morgan fingerprint density at radius 1 is 1.25 bits per heavy atom. The van der Waals surface area contributed by atoms with Crippen molar-refractivity contribution >= 4 is 54.8 Å². The summed E-state index contributed by atoms with van der Waals surface area (Å²) < 4.78 is 1.05. The minimum absolute atomic E-state index is 0.163.